The Morgan fingerprint density at radius 1 is 1.21 bits per heavy atom. The molecule has 0 bridgehead atoms. The average Bonchev–Trinajstić information content (AvgIpc) is 3.03. The van der Waals surface area contributed by atoms with Crippen molar-refractivity contribution < 1.29 is 14.3 Å². The minimum absolute atomic E-state index is 0.0184. The predicted molar refractivity (Wildman–Crippen MR) is 96.5 cm³/mol. The van der Waals surface area contributed by atoms with E-state index in [0.29, 0.717) is 5.75 Å². The van der Waals surface area contributed by atoms with Crippen LogP contribution in [0.25, 0.3) is 0 Å². The van der Waals surface area contributed by atoms with E-state index < -0.39 is 0 Å². The normalized spacial score (nSPS) is 13.6. The minimum Gasteiger partial charge on any atom is -0.454 e. The molecule has 0 radical (unpaired) electrons. The van der Waals surface area contributed by atoms with Crippen LogP contribution in [0.4, 0.5) is 0 Å². The quantitative estimate of drug-likeness (QED) is 0.866. The van der Waals surface area contributed by atoms with Gasteiger partial charge in [0.05, 0.1) is 11.8 Å². The summed E-state index contributed by atoms with van der Waals surface area (Å²) in [6.07, 6.45) is 0. The SMILES string of the molecule is Cc1ccccc1[C@H](C)NC(=O)CSCc1ccc2c(c1)OCO2. The lowest BCUT2D eigenvalue weighted by Crippen LogP contribution is -2.28. The molecular formula is C19H21NO3S. The molecule has 0 saturated carbocycles. The molecule has 1 aliphatic rings. The molecule has 0 saturated heterocycles. The van der Waals surface area contributed by atoms with Gasteiger partial charge in [-0.25, -0.2) is 0 Å². The summed E-state index contributed by atoms with van der Waals surface area (Å²) >= 11 is 1.59. The lowest BCUT2D eigenvalue weighted by molar-refractivity contribution is -0.119. The number of carbonyl (C=O) groups excluding carboxylic acids is 1. The van der Waals surface area contributed by atoms with Gasteiger partial charge in [0, 0.05) is 5.75 Å². The number of thioether (sulfide) groups is 1. The van der Waals surface area contributed by atoms with Crippen LogP contribution in [0.3, 0.4) is 0 Å². The molecule has 4 nitrogen and oxygen atoms in total. The van der Waals surface area contributed by atoms with Crippen molar-refractivity contribution in [3.05, 3.63) is 59.2 Å². The van der Waals surface area contributed by atoms with Gasteiger partial charge in [-0.3, -0.25) is 4.79 Å². The molecule has 5 heteroatoms. The van der Waals surface area contributed by atoms with Gasteiger partial charge in [-0.05, 0) is 42.7 Å². The van der Waals surface area contributed by atoms with Crippen LogP contribution in [-0.4, -0.2) is 18.5 Å². The molecule has 24 heavy (non-hydrogen) atoms. The van der Waals surface area contributed by atoms with Gasteiger partial charge in [-0.2, -0.15) is 0 Å². The second kappa shape index (κ2) is 7.62. The summed E-state index contributed by atoms with van der Waals surface area (Å²) in [5.74, 6) is 2.82. The number of aryl methyl sites for hydroxylation is 1. The Balaban J connectivity index is 1.47. The van der Waals surface area contributed by atoms with Crippen LogP contribution in [0, 0.1) is 6.92 Å². The van der Waals surface area contributed by atoms with E-state index in [1.165, 1.54) is 5.56 Å². The van der Waals surface area contributed by atoms with Gasteiger partial charge >= 0.3 is 0 Å². The van der Waals surface area contributed by atoms with Gasteiger partial charge in [0.25, 0.3) is 0 Å². The first-order valence-corrected chi connectivity index (χ1v) is 9.10. The summed E-state index contributed by atoms with van der Waals surface area (Å²) in [5, 5.41) is 3.06. The largest absolute Gasteiger partial charge is 0.454 e. The molecule has 1 heterocycles. The molecular weight excluding hydrogens is 322 g/mol. The first kappa shape index (κ1) is 16.7. The second-order valence-electron chi connectivity index (χ2n) is 5.83. The first-order chi connectivity index (χ1) is 11.6. The number of carbonyl (C=O) groups is 1. The average molecular weight is 343 g/mol. The number of hydrogen-bond donors (Lipinski definition) is 1. The van der Waals surface area contributed by atoms with E-state index in [9.17, 15) is 4.79 Å². The predicted octanol–water partition coefficient (Wildman–Crippen LogP) is 3.83. The lowest BCUT2D eigenvalue weighted by Gasteiger charge is -2.16. The zero-order valence-corrected chi connectivity index (χ0v) is 14.7. The molecule has 1 N–H and O–H groups in total. The highest BCUT2D eigenvalue weighted by Crippen LogP contribution is 2.33. The Labute approximate surface area is 146 Å². The van der Waals surface area contributed by atoms with Crippen LogP contribution in [0.2, 0.25) is 0 Å². The number of rotatable bonds is 6. The third kappa shape index (κ3) is 4.03. The fourth-order valence-electron chi connectivity index (χ4n) is 2.73. The Hall–Kier alpha value is -2.14. The highest BCUT2D eigenvalue weighted by atomic mass is 32.2. The highest BCUT2D eigenvalue weighted by molar-refractivity contribution is 7.99. The van der Waals surface area contributed by atoms with E-state index in [-0.39, 0.29) is 18.7 Å². The van der Waals surface area contributed by atoms with Crippen molar-refractivity contribution >= 4 is 17.7 Å². The fourth-order valence-corrected chi connectivity index (χ4v) is 3.51. The molecule has 0 spiro atoms. The van der Waals surface area contributed by atoms with Crippen molar-refractivity contribution in [2.24, 2.45) is 0 Å². The third-order valence-corrected chi connectivity index (χ3v) is 4.98. The summed E-state index contributed by atoms with van der Waals surface area (Å²) < 4.78 is 10.7. The lowest BCUT2D eigenvalue weighted by atomic mass is 10.0. The van der Waals surface area contributed by atoms with Crippen LogP contribution >= 0.6 is 11.8 Å². The maximum Gasteiger partial charge on any atom is 0.231 e. The Morgan fingerprint density at radius 3 is 2.83 bits per heavy atom. The first-order valence-electron chi connectivity index (χ1n) is 7.94. The Bertz CT molecular complexity index is 732. The minimum atomic E-state index is 0.0184. The molecule has 1 aliphatic heterocycles. The zero-order chi connectivity index (χ0) is 16.9. The number of amides is 1. The van der Waals surface area contributed by atoms with Gasteiger partial charge in [-0.15, -0.1) is 11.8 Å². The van der Waals surface area contributed by atoms with Crippen LogP contribution in [0.5, 0.6) is 11.5 Å². The van der Waals surface area contributed by atoms with E-state index in [4.69, 9.17) is 9.47 Å². The van der Waals surface area contributed by atoms with E-state index in [0.717, 1.165) is 28.4 Å². The number of fused-ring (bicyclic) bond motifs is 1. The maximum absolute atomic E-state index is 12.1. The zero-order valence-electron chi connectivity index (χ0n) is 13.9. The van der Waals surface area contributed by atoms with Gasteiger partial charge in [0.2, 0.25) is 12.7 Å². The molecule has 2 aromatic carbocycles. The standard InChI is InChI=1S/C19H21NO3S/c1-13-5-3-4-6-16(13)14(2)20-19(21)11-24-10-15-7-8-17-18(9-15)23-12-22-17/h3-9,14H,10-12H2,1-2H3,(H,20,21)/t14-/m0/s1. The van der Waals surface area contributed by atoms with Crippen LogP contribution in [0.15, 0.2) is 42.5 Å². The molecule has 0 aromatic heterocycles. The molecule has 1 atom stereocenters. The summed E-state index contributed by atoms with van der Waals surface area (Å²) in [7, 11) is 0. The van der Waals surface area contributed by atoms with Gasteiger partial charge < -0.3 is 14.8 Å². The monoisotopic (exact) mass is 343 g/mol. The van der Waals surface area contributed by atoms with Crippen molar-refractivity contribution in [1.82, 2.24) is 5.32 Å². The molecule has 2 aromatic rings. The number of ether oxygens (including phenoxy) is 2. The smallest absolute Gasteiger partial charge is 0.231 e. The number of hydrogen-bond acceptors (Lipinski definition) is 4. The fraction of sp³-hybridized carbons (Fsp3) is 0.316. The maximum atomic E-state index is 12.1. The Morgan fingerprint density at radius 2 is 2.00 bits per heavy atom. The van der Waals surface area contributed by atoms with Gasteiger partial charge in [-0.1, -0.05) is 30.3 Å². The number of benzene rings is 2. The molecule has 1 amide bonds. The highest BCUT2D eigenvalue weighted by Gasteiger charge is 2.14. The van der Waals surface area contributed by atoms with Crippen LogP contribution in [0.1, 0.15) is 29.7 Å². The number of nitrogens with one attached hydrogen (secondary N) is 1. The second-order valence-corrected chi connectivity index (χ2v) is 6.81. The van der Waals surface area contributed by atoms with E-state index in [1.807, 2.05) is 37.3 Å². The molecule has 0 aliphatic carbocycles. The molecule has 3 rings (SSSR count). The van der Waals surface area contributed by atoms with Crippen LogP contribution < -0.4 is 14.8 Å². The summed E-state index contributed by atoms with van der Waals surface area (Å²) in [4.78, 5) is 12.1. The summed E-state index contributed by atoms with van der Waals surface area (Å²) in [5.41, 5.74) is 3.48. The third-order valence-electron chi connectivity index (χ3n) is 3.97. The Kier molecular flexibility index (Phi) is 5.30. The van der Waals surface area contributed by atoms with Crippen molar-refractivity contribution in [2.45, 2.75) is 25.6 Å². The van der Waals surface area contributed by atoms with Gasteiger partial charge in [0.1, 0.15) is 0 Å². The van der Waals surface area contributed by atoms with E-state index in [1.54, 1.807) is 11.8 Å². The van der Waals surface area contributed by atoms with Crippen molar-refractivity contribution in [2.75, 3.05) is 12.5 Å². The topological polar surface area (TPSA) is 47.6 Å². The van der Waals surface area contributed by atoms with Crippen molar-refractivity contribution in [3.8, 4) is 11.5 Å². The van der Waals surface area contributed by atoms with Gasteiger partial charge in [0.15, 0.2) is 11.5 Å². The van der Waals surface area contributed by atoms with Crippen LogP contribution in [-0.2, 0) is 10.5 Å². The van der Waals surface area contributed by atoms with Crippen molar-refractivity contribution in [1.29, 1.82) is 0 Å². The summed E-state index contributed by atoms with van der Waals surface area (Å²) in [6.45, 7) is 4.36. The molecule has 126 valence electrons. The summed E-state index contributed by atoms with van der Waals surface area (Å²) in [6, 6.07) is 14.0. The van der Waals surface area contributed by atoms with E-state index >= 15 is 0 Å². The van der Waals surface area contributed by atoms with Crippen molar-refractivity contribution in [3.63, 3.8) is 0 Å². The van der Waals surface area contributed by atoms with E-state index in [2.05, 4.69) is 24.4 Å². The molecule has 0 fully saturated rings. The molecule has 0 unspecified atom stereocenters.